The van der Waals surface area contributed by atoms with Gasteiger partial charge in [0.15, 0.2) is 0 Å². The molecule has 1 heterocycles. The van der Waals surface area contributed by atoms with Gasteiger partial charge >= 0.3 is 0 Å². The molecule has 118 valence electrons. The van der Waals surface area contributed by atoms with Crippen molar-refractivity contribution < 1.29 is 9.22 Å². The fourth-order valence-electron chi connectivity index (χ4n) is 3.53. The molecular weight excluding hydrogens is 300 g/mol. The van der Waals surface area contributed by atoms with Crippen LogP contribution in [-0.2, 0) is 9.22 Å². The molecule has 0 saturated carbocycles. The second-order valence-electron chi connectivity index (χ2n) is 6.73. The zero-order valence-electron chi connectivity index (χ0n) is 13.9. The van der Waals surface area contributed by atoms with Crippen molar-refractivity contribution in [3.8, 4) is 0 Å². The van der Waals surface area contributed by atoms with Gasteiger partial charge in [0.2, 0.25) is 0 Å². The van der Waals surface area contributed by atoms with E-state index in [0.717, 1.165) is 18.3 Å². The highest BCUT2D eigenvalue weighted by atomic mass is 28.4. The Morgan fingerprint density at radius 3 is 1.91 bits per heavy atom. The van der Waals surface area contributed by atoms with E-state index in [1.807, 2.05) is 19.1 Å². The first-order chi connectivity index (χ1) is 11.0. The number of benzene rings is 2. The van der Waals surface area contributed by atoms with Gasteiger partial charge in [-0.3, -0.25) is 4.79 Å². The highest BCUT2D eigenvalue weighted by Gasteiger charge is 2.54. The van der Waals surface area contributed by atoms with Crippen molar-refractivity contribution in [2.75, 3.05) is 0 Å². The highest BCUT2D eigenvalue weighted by Crippen LogP contribution is 2.39. The van der Waals surface area contributed by atoms with E-state index in [4.69, 9.17) is 4.43 Å². The van der Waals surface area contributed by atoms with Crippen molar-refractivity contribution in [3.63, 3.8) is 0 Å². The maximum atomic E-state index is 11.6. The summed E-state index contributed by atoms with van der Waals surface area (Å²) in [6, 6.07) is 20.8. The number of carbonyl (C=O) groups is 1. The first-order valence-corrected chi connectivity index (χ1v) is 9.87. The van der Waals surface area contributed by atoms with E-state index >= 15 is 0 Å². The van der Waals surface area contributed by atoms with E-state index in [1.54, 1.807) is 0 Å². The van der Waals surface area contributed by atoms with Gasteiger partial charge in [0.1, 0.15) is 6.29 Å². The first-order valence-electron chi connectivity index (χ1n) is 7.96. The summed E-state index contributed by atoms with van der Waals surface area (Å²) in [5.41, 5.74) is 0.548. The third kappa shape index (κ3) is 2.71. The minimum atomic E-state index is -2.59. The quantitative estimate of drug-likeness (QED) is 0.493. The number of carbonyl (C=O) groups excluding carboxylic acids is 1. The highest BCUT2D eigenvalue weighted by molar-refractivity contribution is 7.03. The van der Waals surface area contributed by atoms with Crippen LogP contribution in [0.3, 0.4) is 0 Å². The summed E-state index contributed by atoms with van der Waals surface area (Å²) < 4.78 is 6.77. The second kappa shape index (κ2) is 5.91. The molecule has 23 heavy (non-hydrogen) atoms. The predicted molar refractivity (Wildman–Crippen MR) is 96.5 cm³/mol. The fourth-order valence-corrected chi connectivity index (χ4v) is 8.43. The largest absolute Gasteiger partial charge is 0.399 e. The van der Waals surface area contributed by atoms with Gasteiger partial charge in [-0.15, -0.1) is 0 Å². The Balaban J connectivity index is 2.34. The van der Waals surface area contributed by atoms with Gasteiger partial charge in [0, 0.05) is 0 Å². The van der Waals surface area contributed by atoms with E-state index in [-0.39, 0.29) is 5.60 Å². The van der Waals surface area contributed by atoms with Crippen LogP contribution in [0.4, 0.5) is 0 Å². The molecule has 1 aliphatic heterocycles. The second-order valence-corrected chi connectivity index (χ2v) is 10.1. The van der Waals surface area contributed by atoms with Crippen LogP contribution in [0.15, 0.2) is 71.4 Å². The Morgan fingerprint density at radius 1 is 1.00 bits per heavy atom. The summed E-state index contributed by atoms with van der Waals surface area (Å²) in [6.07, 6.45) is 1.78. The molecule has 0 N–H and O–H groups in total. The van der Waals surface area contributed by atoms with Gasteiger partial charge in [-0.2, -0.15) is 0 Å². The smallest absolute Gasteiger partial charge is 0.285 e. The van der Waals surface area contributed by atoms with Gasteiger partial charge < -0.3 is 4.43 Å². The number of aldehydes is 1. The summed E-state index contributed by atoms with van der Waals surface area (Å²) in [4.78, 5) is 11.6. The molecule has 2 aromatic carbocycles. The minimum absolute atomic E-state index is 0.266. The normalized spacial score (nSPS) is 21.0. The maximum Gasteiger partial charge on any atom is 0.285 e. The van der Waals surface area contributed by atoms with Gasteiger partial charge in [-0.05, 0) is 48.3 Å². The fraction of sp³-hybridized carbons (Fsp3) is 0.250. The third-order valence-corrected chi connectivity index (χ3v) is 9.04. The molecule has 1 aliphatic rings. The summed E-state index contributed by atoms with van der Waals surface area (Å²) in [7, 11) is -2.59. The molecule has 0 bridgehead atoms. The molecule has 0 spiro atoms. The Morgan fingerprint density at radius 2 is 1.48 bits per heavy atom. The summed E-state index contributed by atoms with van der Waals surface area (Å²) >= 11 is 0. The summed E-state index contributed by atoms with van der Waals surface area (Å²) in [6.45, 7) is 6.15. The number of allylic oxidation sites excluding steroid dienone is 1. The number of hydrogen-bond donors (Lipinski definition) is 0. The van der Waals surface area contributed by atoms with Crippen LogP contribution >= 0.6 is 0 Å². The lowest BCUT2D eigenvalue weighted by Crippen LogP contribution is -2.61. The van der Waals surface area contributed by atoms with Crippen molar-refractivity contribution in [1.82, 2.24) is 0 Å². The molecule has 0 radical (unpaired) electrons. The van der Waals surface area contributed by atoms with Gasteiger partial charge in [-0.1, -0.05) is 60.7 Å². The van der Waals surface area contributed by atoms with E-state index < -0.39 is 8.32 Å². The van der Waals surface area contributed by atoms with Crippen LogP contribution in [0.2, 0.25) is 0 Å². The number of rotatable bonds is 3. The molecule has 0 aliphatic carbocycles. The zero-order valence-corrected chi connectivity index (χ0v) is 14.9. The molecule has 3 rings (SSSR count). The molecule has 2 aromatic rings. The van der Waals surface area contributed by atoms with Gasteiger partial charge in [0.25, 0.3) is 8.32 Å². The maximum absolute atomic E-state index is 11.6. The molecular formula is C20H22O2Si. The van der Waals surface area contributed by atoms with Crippen molar-refractivity contribution >= 4 is 25.0 Å². The molecule has 0 atom stereocenters. The van der Waals surface area contributed by atoms with Gasteiger partial charge in [0.05, 0.1) is 5.60 Å². The predicted octanol–water partition coefficient (Wildman–Crippen LogP) is 3.00. The molecule has 1 fully saturated rings. The average Bonchev–Trinajstić information content (AvgIpc) is 2.88. The molecule has 1 saturated heterocycles. The Kier molecular flexibility index (Phi) is 4.09. The number of hydrogen-bond acceptors (Lipinski definition) is 2. The molecule has 3 heteroatoms. The molecule has 0 aromatic heterocycles. The third-order valence-electron chi connectivity index (χ3n) is 4.47. The van der Waals surface area contributed by atoms with E-state index in [0.29, 0.717) is 0 Å². The molecule has 0 amide bonds. The molecule has 2 nitrogen and oxygen atoms in total. The van der Waals surface area contributed by atoms with E-state index in [1.165, 1.54) is 15.6 Å². The summed E-state index contributed by atoms with van der Waals surface area (Å²) in [5, 5.41) is 3.59. The van der Waals surface area contributed by atoms with Crippen molar-refractivity contribution in [3.05, 3.63) is 71.4 Å². The lowest BCUT2D eigenvalue weighted by molar-refractivity contribution is -0.104. The van der Waals surface area contributed by atoms with Gasteiger partial charge in [-0.25, -0.2) is 0 Å². The topological polar surface area (TPSA) is 26.3 Å². The van der Waals surface area contributed by atoms with Crippen LogP contribution in [0.1, 0.15) is 27.2 Å². The van der Waals surface area contributed by atoms with Crippen molar-refractivity contribution in [1.29, 1.82) is 0 Å². The zero-order chi connectivity index (χ0) is 16.5. The average molecular weight is 322 g/mol. The minimum Gasteiger partial charge on any atom is -0.399 e. The first kappa shape index (κ1) is 15.9. The molecule has 0 unspecified atom stereocenters. The standard InChI is InChI=1S/C20H22O2Si/c1-16(15-21)19-14-20(2,3)22-23(19,17-10-6-4-7-11-17)18-12-8-5-9-13-18/h4-13,15H,14H2,1-3H3/b19-16-. The monoisotopic (exact) mass is 322 g/mol. The van der Waals surface area contributed by atoms with E-state index in [2.05, 4.69) is 62.4 Å². The van der Waals surface area contributed by atoms with Crippen LogP contribution < -0.4 is 10.4 Å². The van der Waals surface area contributed by atoms with Crippen LogP contribution in [0, 0.1) is 0 Å². The lowest BCUT2D eigenvalue weighted by atomic mass is 10.0. The Bertz CT molecular complexity index is 693. The lowest BCUT2D eigenvalue weighted by Gasteiger charge is -2.31. The van der Waals surface area contributed by atoms with E-state index in [9.17, 15) is 4.79 Å². The van der Waals surface area contributed by atoms with Crippen molar-refractivity contribution in [2.24, 2.45) is 0 Å². The SMILES string of the molecule is C/C(C=O)=C1\CC(C)(C)O[Si]1(c1ccccc1)c1ccccc1. The Labute approximate surface area is 138 Å². The van der Waals surface area contributed by atoms with Crippen molar-refractivity contribution in [2.45, 2.75) is 32.8 Å². The summed E-state index contributed by atoms with van der Waals surface area (Å²) in [5.74, 6) is 0. The Hall–Kier alpha value is -1.97. The van der Waals surface area contributed by atoms with Crippen LogP contribution in [-0.4, -0.2) is 20.2 Å². The van der Waals surface area contributed by atoms with Crippen LogP contribution in [0.5, 0.6) is 0 Å². The van der Waals surface area contributed by atoms with Crippen LogP contribution in [0.25, 0.3) is 0 Å².